The number of nitrogens with zero attached hydrogens (tertiary/aromatic N) is 2. The quantitative estimate of drug-likeness (QED) is 0.444. The van der Waals surface area contributed by atoms with Crippen LogP contribution in [0, 0.1) is 11.3 Å². The largest absolute Gasteiger partial charge is 0.326 e. The van der Waals surface area contributed by atoms with E-state index in [0.29, 0.717) is 16.3 Å². The molecule has 0 aliphatic carbocycles. The first-order valence-electron chi connectivity index (χ1n) is 9.07. The number of halogens is 1. The highest BCUT2D eigenvalue weighted by atomic mass is 35.5. The van der Waals surface area contributed by atoms with Crippen LogP contribution in [-0.2, 0) is 14.4 Å². The molecule has 0 fully saturated rings. The molecule has 3 rings (SSSR count). The van der Waals surface area contributed by atoms with Crippen molar-refractivity contribution in [2.24, 2.45) is 0 Å². The molecule has 0 aliphatic rings. The Kier molecular flexibility index (Phi) is 6.62. The molecule has 11 heteroatoms. The summed E-state index contributed by atoms with van der Waals surface area (Å²) in [5, 5.41) is 17.1. The third kappa shape index (κ3) is 5.35. The SMILES string of the molecule is CC(=O)NC(=O)C(=O)Nc1cccc(-c2nc(Nc3ccc(Cl)cc3)[nH]c(=O)c2C#N)c1. The van der Waals surface area contributed by atoms with Gasteiger partial charge in [0.15, 0.2) is 0 Å². The van der Waals surface area contributed by atoms with Gasteiger partial charge in [0.1, 0.15) is 11.6 Å². The number of anilines is 3. The van der Waals surface area contributed by atoms with Crippen LogP contribution in [0.15, 0.2) is 53.3 Å². The average Bonchev–Trinajstić information content (AvgIpc) is 2.74. The Balaban J connectivity index is 1.94. The molecule has 0 saturated heterocycles. The highest BCUT2D eigenvalue weighted by Gasteiger charge is 2.17. The summed E-state index contributed by atoms with van der Waals surface area (Å²) in [6.45, 7) is 1.10. The Labute approximate surface area is 186 Å². The second-order valence-electron chi connectivity index (χ2n) is 6.43. The topological polar surface area (TPSA) is 157 Å². The zero-order valence-electron chi connectivity index (χ0n) is 16.5. The highest BCUT2D eigenvalue weighted by Crippen LogP contribution is 2.24. The molecule has 0 aliphatic heterocycles. The highest BCUT2D eigenvalue weighted by molar-refractivity contribution is 6.41. The second-order valence-corrected chi connectivity index (χ2v) is 6.86. The lowest BCUT2D eigenvalue weighted by atomic mass is 10.1. The van der Waals surface area contributed by atoms with E-state index in [1.165, 1.54) is 12.1 Å². The van der Waals surface area contributed by atoms with E-state index in [2.05, 4.69) is 20.6 Å². The van der Waals surface area contributed by atoms with Crippen molar-refractivity contribution in [1.29, 1.82) is 5.26 Å². The van der Waals surface area contributed by atoms with E-state index in [9.17, 15) is 24.4 Å². The molecule has 1 heterocycles. The number of carbonyl (C=O) groups is 3. The zero-order valence-corrected chi connectivity index (χ0v) is 17.3. The first-order chi connectivity index (χ1) is 15.3. The molecule has 0 radical (unpaired) electrons. The van der Waals surface area contributed by atoms with Crippen LogP contribution in [0.1, 0.15) is 12.5 Å². The molecule has 10 nitrogen and oxygen atoms in total. The molecule has 2 aromatic carbocycles. The zero-order chi connectivity index (χ0) is 23.3. The lowest BCUT2D eigenvalue weighted by molar-refractivity contribution is -0.139. The minimum absolute atomic E-state index is 0.0667. The standard InChI is InChI=1S/C21H15ClN6O4/c1-11(29)24-19(31)20(32)25-15-4-2-3-12(9-15)17-16(10-23)18(30)28-21(27-17)26-14-7-5-13(22)6-8-14/h2-9H,1H3,(H,25,32)(H,24,29,31)(H2,26,27,28,30). The Morgan fingerprint density at radius 2 is 1.78 bits per heavy atom. The van der Waals surface area contributed by atoms with Crippen LogP contribution in [0.3, 0.4) is 0 Å². The van der Waals surface area contributed by atoms with Gasteiger partial charge in [-0.1, -0.05) is 23.7 Å². The fourth-order valence-corrected chi connectivity index (χ4v) is 2.79. The molecule has 3 aromatic rings. The molecule has 0 bridgehead atoms. The molecule has 0 saturated carbocycles. The lowest BCUT2D eigenvalue weighted by Gasteiger charge is -2.10. The first-order valence-corrected chi connectivity index (χ1v) is 9.45. The van der Waals surface area contributed by atoms with Crippen molar-refractivity contribution >= 4 is 46.6 Å². The van der Waals surface area contributed by atoms with Gasteiger partial charge in [-0.15, -0.1) is 0 Å². The number of nitrogens with one attached hydrogen (secondary N) is 4. The molecule has 0 unspecified atom stereocenters. The Bertz CT molecular complexity index is 1310. The Hall–Kier alpha value is -4.49. The molecule has 1 aromatic heterocycles. The third-order valence-corrected chi connectivity index (χ3v) is 4.28. The molecule has 160 valence electrons. The lowest BCUT2D eigenvalue weighted by Crippen LogP contribution is -2.37. The number of aromatic nitrogens is 2. The number of imide groups is 1. The number of hydrogen-bond acceptors (Lipinski definition) is 7. The summed E-state index contributed by atoms with van der Waals surface area (Å²) in [6, 6.07) is 14.6. The number of hydrogen-bond donors (Lipinski definition) is 4. The maximum absolute atomic E-state index is 12.4. The molecule has 0 atom stereocenters. The molecule has 32 heavy (non-hydrogen) atoms. The van der Waals surface area contributed by atoms with E-state index < -0.39 is 23.3 Å². The smallest absolute Gasteiger partial charge is 0.316 e. The third-order valence-electron chi connectivity index (χ3n) is 4.03. The van der Waals surface area contributed by atoms with Crippen molar-refractivity contribution in [3.63, 3.8) is 0 Å². The van der Waals surface area contributed by atoms with E-state index in [-0.39, 0.29) is 22.9 Å². The van der Waals surface area contributed by atoms with Crippen molar-refractivity contribution in [3.8, 4) is 17.3 Å². The van der Waals surface area contributed by atoms with Gasteiger partial charge in [-0.25, -0.2) is 4.98 Å². The van der Waals surface area contributed by atoms with Crippen molar-refractivity contribution < 1.29 is 14.4 Å². The van der Waals surface area contributed by atoms with Crippen LogP contribution in [0.2, 0.25) is 5.02 Å². The van der Waals surface area contributed by atoms with Crippen molar-refractivity contribution in [3.05, 3.63) is 69.5 Å². The van der Waals surface area contributed by atoms with Gasteiger partial charge in [-0.3, -0.25) is 29.5 Å². The number of benzene rings is 2. The number of aromatic amines is 1. The van der Waals surface area contributed by atoms with E-state index in [1.807, 2.05) is 11.4 Å². The molecule has 3 amide bonds. The number of amides is 3. The van der Waals surface area contributed by atoms with Crippen LogP contribution in [-0.4, -0.2) is 27.7 Å². The predicted octanol–water partition coefficient (Wildman–Crippen LogP) is 2.31. The monoisotopic (exact) mass is 450 g/mol. The van der Waals surface area contributed by atoms with Gasteiger partial charge in [-0.05, 0) is 36.4 Å². The van der Waals surface area contributed by atoms with Gasteiger partial charge < -0.3 is 10.6 Å². The van der Waals surface area contributed by atoms with E-state index in [4.69, 9.17) is 11.6 Å². The second kappa shape index (κ2) is 9.55. The number of carbonyl (C=O) groups excluding carboxylic acids is 3. The van der Waals surface area contributed by atoms with E-state index in [1.54, 1.807) is 36.4 Å². The number of nitriles is 1. The average molecular weight is 451 g/mol. The van der Waals surface area contributed by atoms with Crippen LogP contribution in [0.4, 0.5) is 17.3 Å². The number of rotatable bonds is 4. The summed E-state index contributed by atoms with van der Waals surface area (Å²) in [4.78, 5) is 53.8. The van der Waals surface area contributed by atoms with Gasteiger partial charge in [0.25, 0.3) is 5.56 Å². The Morgan fingerprint density at radius 3 is 2.44 bits per heavy atom. The minimum Gasteiger partial charge on any atom is -0.326 e. The van der Waals surface area contributed by atoms with Gasteiger partial charge in [0.2, 0.25) is 11.9 Å². The molecular weight excluding hydrogens is 436 g/mol. The molecular formula is C21H15ClN6O4. The van der Waals surface area contributed by atoms with Crippen molar-refractivity contribution in [2.45, 2.75) is 6.92 Å². The fraction of sp³-hybridized carbons (Fsp3) is 0.0476. The summed E-state index contributed by atoms with van der Waals surface area (Å²) in [7, 11) is 0. The summed E-state index contributed by atoms with van der Waals surface area (Å²) in [6.07, 6.45) is 0. The van der Waals surface area contributed by atoms with Gasteiger partial charge in [0, 0.05) is 28.9 Å². The molecule has 4 N–H and O–H groups in total. The van der Waals surface area contributed by atoms with Crippen molar-refractivity contribution in [2.75, 3.05) is 10.6 Å². The van der Waals surface area contributed by atoms with Gasteiger partial charge in [-0.2, -0.15) is 5.26 Å². The summed E-state index contributed by atoms with van der Waals surface area (Å²) in [5.41, 5.74) is 0.317. The minimum atomic E-state index is -1.12. The van der Waals surface area contributed by atoms with E-state index in [0.717, 1.165) is 6.92 Å². The first kappa shape index (κ1) is 22.2. The van der Waals surface area contributed by atoms with Crippen LogP contribution < -0.4 is 21.5 Å². The van der Waals surface area contributed by atoms with E-state index >= 15 is 0 Å². The Morgan fingerprint density at radius 1 is 1.06 bits per heavy atom. The van der Waals surface area contributed by atoms with Gasteiger partial charge in [0.05, 0.1) is 5.69 Å². The van der Waals surface area contributed by atoms with Gasteiger partial charge >= 0.3 is 11.8 Å². The summed E-state index contributed by atoms with van der Waals surface area (Å²) >= 11 is 5.87. The maximum Gasteiger partial charge on any atom is 0.316 e. The van der Waals surface area contributed by atoms with Crippen LogP contribution in [0.5, 0.6) is 0 Å². The van der Waals surface area contributed by atoms with Crippen LogP contribution in [0.25, 0.3) is 11.3 Å². The number of H-pyrrole nitrogens is 1. The maximum atomic E-state index is 12.4. The normalized spacial score (nSPS) is 10.0. The van der Waals surface area contributed by atoms with Crippen LogP contribution >= 0.6 is 11.6 Å². The summed E-state index contributed by atoms with van der Waals surface area (Å²) in [5.74, 6) is -2.77. The molecule has 0 spiro atoms. The fourth-order valence-electron chi connectivity index (χ4n) is 2.66. The predicted molar refractivity (Wildman–Crippen MR) is 117 cm³/mol. The summed E-state index contributed by atoms with van der Waals surface area (Å²) < 4.78 is 0. The van der Waals surface area contributed by atoms with Crippen molar-refractivity contribution in [1.82, 2.24) is 15.3 Å².